The van der Waals surface area contributed by atoms with Gasteiger partial charge in [-0.05, 0) is 62.4 Å². The molecule has 0 fully saturated rings. The molecule has 0 atom stereocenters. The predicted octanol–water partition coefficient (Wildman–Crippen LogP) is 11.1. The highest BCUT2D eigenvalue weighted by atomic mass is 32.1. The van der Waals surface area contributed by atoms with Gasteiger partial charge in [0.1, 0.15) is 30.0 Å². The van der Waals surface area contributed by atoms with Crippen molar-refractivity contribution in [2.24, 2.45) is 0 Å². The van der Waals surface area contributed by atoms with Crippen LogP contribution in [0.4, 0.5) is 25.7 Å². The van der Waals surface area contributed by atoms with E-state index in [0.717, 1.165) is 38.1 Å². The van der Waals surface area contributed by atoms with Crippen LogP contribution in [0.3, 0.4) is 0 Å². The van der Waals surface area contributed by atoms with E-state index in [4.69, 9.17) is 4.89 Å². The van der Waals surface area contributed by atoms with Crippen molar-refractivity contribution in [2.45, 2.75) is 20.5 Å². The molecule has 10 heterocycles. The minimum atomic E-state index is -0.301. The van der Waals surface area contributed by atoms with Crippen molar-refractivity contribution in [3.8, 4) is 0 Å². The van der Waals surface area contributed by atoms with Crippen molar-refractivity contribution in [3.05, 3.63) is 219 Å². The molecule has 12 aromatic rings. The number of H-pyrrole nitrogens is 2. The Bertz CT molecular complexity index is 4010. The molecule has 0 aliphatic heterocycles. The van der Waals surface area contributed by atoms with Crippen LogP contribution in [0.5, 0.6) is 0 Å². The zero-order valence-corrected chi connectivity index (χ0v) is 47.5. The van der Waals surface area contributed by atoms with Gasteiger partial charge in [0.25, 0.3) is 29.5 Å². The van der Waals surface area contributed by atoms with Gasteiger partial charge < -0.3 is 4.89 Å². The highest BCUT2D eigenvalue weighted by Crippen LogP contribution is 2.22. The highest BCUT2D eigenvalue weighted by molar-refractivity contribution is 7.16. The Hall–Kier alpha value is -10.2. The van der Waals surface area contributed by atoms with E-state index in [-0.39, 0.29) is 36.1 Å². The van der Waals surface area contributed by atoms with Gasteiger partial charge in [-0.3, -0.25) is 75.7 Å². The third-order valence-electron chi connectivity index (χ3n) is 10.2. The number of fused-ring (bicyclic) bond motifs is 2. The molecule has 29 heteroatoms. The van der Waals surface area contributed by atoms with Crippen LogP contribution in [0.2, 0.25) is 0 Å². The summed E-state index contributed by atoms with van der Waals surface area (Å²) in [6, 6.07) is 30.5. The molecule has 24 nitrogen and oxygen atoms in total. The lowest BCUT2D eigenvalue weighted by atomic mass is 10.2. The number of hydrogen-bond donors (Lipinski definition) is 7. The lowest BCUT2D eigenvalue weighted by Gasteiger charge is -1.99. The molecule has 2 aromatic carbocycles. The third kappa shape index (κ3) is 17.9. The fraction of sp³-hybridized carbons (Fsp3) is 0.0556. The number of carbonyl (C=O) groups excluding carboxylic acids is 5. The molecule has 12 rings (SSSR count). The molecular weight excluding hydrogens is 1160 g/mol. The largest absolute Gasteiger partial charge is 0.346 e. The molecule has 0 aliphatic carbocycles. The van der Waals surface area contributed by atoms with Gasteiger partial charge in [-0.15, -0.1) is 45.3 Å². The van der Waals surface area contributed by atoms with Crippen LogP contribution < -0.4 is 26.6 Å². The molecule has 7 N–H and O–H groups in total. The Morgan fingerprint density at radius 3 is 1.33 bits per heavy atom. The van der Waals surface area contributed by atoms with E-state index in [1.807, 2.05) is 73.1 Å². The summed E-state index contributed by atoms with van der Waals surface area (Å²) in [5.74, 6) is -1.27. The Morgan fingerprint density at radius 1 is 0.494 bits per heavy atom. The van der Waals surface area contributed by atoms with E-state index in [2.05, 4.69) is 98.3 Å². The SMILES string of the molecule is C=COOCc1cnc(NC(=O)c2ccccn2)s1.Cc1csc(NC(=O)c2ccccn2)n1.Cc1csc(NC(=O)c2n[nH]c3ccccc23)n1.O=C(Nc1nccs1)c1ccccn1.O=C(Nc1nccs1)c1n[nH]c2ccccc12. The summed E-state index contributed by atoms with van der Waals surface area (Å²) in [7, 11) is 0. The number of carbonyl (C=O) groups is 5. The van der Waals surface area contributed by atoms with E-state index in [1.54, 1.807) is 103 Å². The lowest BCUT2D eigenvalue weighted by Crippen LogP contribution is -2.13. The number of amides is 5. The lowest BCUT2D eigenvalue weighted by molar-refractivity contribution is -0.257. The molecule has 0 radical (unpaired) electrons. The van der Waals surface area contributed by atoms with Crippen LogP contribution in [0.1, 0.15) is 68.7 Å². The van der Waals surface area contributed by atoms with Gasteiger partial charge >= 0.3 is 0 Å². The number of rotatable bonds is 14. The Kier molecular flexibility index (Phi) is 21.6. The van der Waals surface area contributed by atoms with E-state index in [1.165, 1.54) is 62.9 Å². The molecule has 0 unspecified atom stereocenters. The topological polar surface area (TPSA) is 324 Å². The Labute approximate surface area is 491 Å². The van der Waals surface area contributed by atoms with Crippen molar-refractivity contribution in [1.29, 1.82) is 0 Å². The molecule has 0 aliphatic rings. The third-order valence-corrected chi connectivity index (χ3v) is 14.2. The monoisotopic (exact) mass is 1200 g/mol. The fourth-order valence-corrected chi connectivity index (χ4v) is 9.65. The number of benzene rings is 2. The van der Waals surface area contributed by atoms with E-state index in [0.29, 0.717) is 54.1 Å². The number of pyridine rings is 3. The summed E-state index contributed by atoms with van der Waals surface area (Å²) in [4.78, 5) is 101. The number of aromatic amines is 2. The van der Waals surface area contributed by atoms with Crippen LogP contribution in [-0.2, 0) is 16.4 Å². The summed E-state index contributed by atoms with van der Waals surface area (Å²) < 4.78 is 0. The number of nitrogens with one attached hydrogen (secondary N) is 7. The van der Waals surface area contributed by atoms with Gasteiger partial charge in [0.05, 0.1) is 27.3 Å². The summed E-state index contributed by atoms with van der Waals surface area (Å²) in [5.41, 5.74) is 5.38. The zero-order chi connectivity index (χ0) is 58.2. The average Bonchev–Trinajstić information content (AvgIpc) is 4.53. The summed E-state index contributed by atoms with van der Waals surface area (Å²) in [6.07, 6.45) is 10.8. The minimum Gasteiger partial charge on any atom is -0.346 e. The molecule has 0 saturated carbocycles. The first-order chi connectivity index (χ1) is 40.5. The maximum atomic E-state index is 12.1. The number of thiazole rings is 5. The van der Waals surface area contributed by atoms with Gasteiger partial charge in [-0.1, -0.05) is 72.5 Å². The van der Waals surface area contributed by atoms with Gasteiger partial charge in [-0.25, -0.2) is 24.9 Å². The van der Waals surface area contributed by atoms with Crippen molar-refractivity contribution in [3.63, 3.8) is 0 Å². The van der Waals surface area contributed by atoms with Crippen LogP contribution in [0.25, 0.3) is 21.8 Å². The second kappa shape index (κ2) is 30.4. The van der Waals surface area contributed by atoms with E-state index < -0.39 is 0 Å². The number of anilines is 5. The minimum absolute atomic E-state index is 0.232. The molecule has 83 heavy (non-hydrogen) atoms. The zero-order valence-electron chi connectivity index (χ0n) is 43.5. The quantitative estimate of drug-likeness (QED) is 0.0230. The second-order valence-electron chi connectivity index (χ2n) is 16.1. The number of para-hydroxylation sites is 2. The highest BCUT2D eigenvalue weighted by Gasteiger charge is 2.17. The smallest absolute Gasteiger partial charge is 0.278 e. The van der Waals surface area contributed by atoms with Crippen LogP contribution in [-0.4, -0.2) is 89.8 Å². The van der Waals surface area contributed by atoms with Crippen LogP contribution in [0, 0.1) is 13.8 Å². The normalized spacial score (nSPS) is 10.2. The van der Waals surface area contributed by atoms with Gasteiger partial charge in [0, 0.05) is 69.5 Å². The van der Waals surface area contributed by atoms with Crippen molar-refractivity contribution >= 4 is 134 Å². The maximum absolute atomic E-state index is 12.1. The van der Waals surface area contributed by atoms with E-state index >= 15 is 0 Å². The summed E-state index contributed by atoms with van der Waals surface area (Å²) >= 11 is 6.85. The fourth-order valence-electron chi connectivity index (χ4n) is 6.53. The van der Waals surface area contributed by atoms with Crippen molar-refractivity contribution < 1.29 is 33.7 Å². The molecule has 0 saturated heterocycles. The molecule has 418 valence electrons. The van der Waals surface area contributed by atoms with E-state index in [9.17, 15) is 24.0 Å². The first-order valence-electron chi connectivity index (χ1n) is 24.1. The van der Waals surface area contributed by atoms with Crippen LogP contribution in [0.15, 0.2) is 175 Å². The Morgan fingerprint density at radius 2 is 0.916 bits per heavy atom. The van der Waals surface area contributed by atoms with Crippen molar-refractivity contribution in [1.82, 2.24) is 60.3 Å². The van der Waals surface area contributed by atoms with Gasteiger partial charge in [0.2, 0.25) is 0 Å². The maximum Gasteiger partial charge on any atom is 0.278 e. The number of aryl methyl sites for hydroxylation is 2. The number of nitrogens with zero attached hydrogens (tertiary/aromatic N) is 10. The number of hydrogen-bond acceptors (Lipinski definition) is 22. The van der Waals surface area contributed by atoms with Crippen molar-refractivity contribution in [2.75, 3.05) is 26.6 Å². The molecule has 5 amide bonds. The van der Waals surface area contributed by atoms with Gasteiger partial charge in [0.15, 0.2) is 37.0 Å². The molecule has 10 aromatic heterocycles. The molecule has 0 spiro atoms. The standard InChI is InChI=1S/C12H10N4OS.C12H11N3O3S.C11H8N4OS.C10H9N3OS.C9H7N3OS/c1-7-6-18-12(13-7)14-11(17)10-8-4-2-3-5-9(8)15-16-10;1-2-17-18-8-9-7-14-12(19-9)15-11(16)10-5-3-4-6-13-10;16-10(13-11-12-5-6-17-11)9-7-3-1-2-4-8(7)14-15-9;1-7-6-15-10(12-7)13-9(14)8-4-2-3-5-11-8;13-8(7-3-1-2-4-10-7)12-9-11-5-6-14-9/h2-6H,1H3,(H,15,16)(H,13,14,17);2-7H,1,8H2,(H,14,15,16);1-6H,(H,14,15)(H,12,13,16);2-6H,1H3,(H,12,13,14);1-6H,(H,11,12,13). The Balaban J connectivity index is 0.000000136. The first kappa shape index (κ1) is 59.0. The first-order valence-corrected chi connectivity index (χ1v) is 28.5. The average molecular weight is 1200 g/mol. The second-order valence-corrected chi connectivity index (χ2v) is 20.7. The summed E-state index contributed by atoms with van der Waals surface area (Å²) in [6.45, 7) is 7.35. The number of aromatic nitrogens is 12. The molecule has 0 bridgehead atoms. The predicted molar refractivity (Wildman–Crippen MR) is 321 cm³/mol. The molecular formula is C54H45N17O7S5. The van der Waals surface area contributed by atoms with Crippen LogP contribution >= 0.6 is 56.7 Å². The summed E-state index contributed by atoms with van der Waals surface area (Å²) in [5, 5.41) is 39.0. The van der Waals surface area contributed by atoms with Gasteiger partial charge in [-0.2, -0.15) is 15.1 Å².